The summed E-state index contributed by atoms with van der Waals surface area (Å²) in [6.45, 7) is 0.123. The van der Waals surface area contributed by atoms with Gasteiger partial charge in [0.2, 0.25) is 10.0 Å². The van der Waals surface area contributed by atoms with Crippen LogP contribution in [-0.4, -0.2) is 40.4 Å². The van der Waals surface area contributed by atoms with Gasteiger partial charge in [-0.15, -0.1) is 0 Å². The number of nitrogens with zero attached hydrogens (tertiary/aromatic N) is 3. The molecule has 0 fully saturated rings. The van der Waals surface area contributed by atoms with E-state index in [9.17, 15) is 18.3 Å². The molecule has 0 saturated heterocycles. The second-order valence-electron chi connectivity index (χ2n) is 5.99. The fourth-order valence-corrected chi connectivity index (χ4v) is 4.46. The predicted molar refractivity (Wildman–Crippen MR) is 87.3 cm³/mol. The maximum absolute atomic E-state index is 13.0. The third-order valence-electron chi connectivity index (χ3n) is 4.39. The average Bonchev–Trinajstić information content (AvgIpc) is 3.15. The molecule has 0 atom stereocenters. The molecule has 1 aliphatic carbocycles. The minimum Gasteiger partial charge on any atom is -0.478 e. The molecule has 8 heteroatoms. The number of benzene rings is 1. The molecule has 1 heterocycles. The second-order valence-corrected chi connectivity index (χ2v) is 8.00. The fourth-order valence-electron chi connectivity index (χ4n) is 3.02. The summed E-state index contributed by atoms with van der Waals surface area (Å²) in [6.07, 6.45) is 5.56. The molecule has 0 unspecified atom stereocenters. The first kappa shape index (κ1) is 16.7. The highest BCUT2D eigenvalue weighted by molar-refractivity contribution is 7.89. The maximum Gasteiger partial charge on any atom is 0.335 e. The molecule has 2 aromatic rings. The van der Waals surface area contributed by atoms with Gasteiger partial charge in [0.15, 0.2) is 0 Å². The molecule has 1 aromatic carbocycles. The summed E-state index contributed by atoms with van der Waals surface area (Å²) >= 11 is 0. The van der Waals surface area contributed by atoms with E-state index in [1.54, 1.807) is 30.1 Å². The van der Waals surface area contributed by atoms with Crippen LogP contribution >= 0.6 is 0 Å². The van der Waals surface area contributed by atoms with Crippen molar-refractivity contribution in [2.75, 3.05) is 7.05 Å². The number of carbonyl (C=O) groups is 1. The molecule has 128 valence electrons. The molecule has 1 aromatic heterocycles. The summed E-state index contributed by atoms with van der Waals surface area (Å²) in [4.78, 5) is 15.6. The number of rotatable bonds is 5. The van der Waals surface area contributed by atoms with Gasteiger partial charge >= 0.3 is 5.97 Å². The van der Waals surface area contributed by atoms with Crippen LogP contribution in [0.1, 0.15) is 33.7 Å². The Hall–Kier alpha value is -2.19. The molecule has 24 heavy (non-hydrogen) atoms. The number of carboxylic acids is 1. The van der Waals surface area contributed by atoms with E-state index in [1.165, 1.54) is 17.4 Å². The quantitative estimate of drug-likeness (QED) is 0.881. The van der Waals surface area contributed by atoms with E-state index in [2.05, 4.69) is 4.98 Å². The minimum atomic E-state index is -3.80. The summed E-state index contributed by atoms with van der Waals surface area (Å²) in [5.74, 6) is -0.500. The largest absolute Gasteiger partial charge is 0.478 e. The number of aryl methyl sites for hydroxylation is 2. The number of hydrogen-bond acceptors (Lipinski definition) is 4. The van der Waals surface area contributed by atoms with Gasteiger partial charge in [-0.05, 0) is 42.5 Å². The number of aromatic carboxylic acids is 1. The van der Waals surface area contributed by atoms with Crippen LogP contribution in [0, 0.1) is 0 Å². The monoisotopic (exact) mass is 349 g/mol. The van der Waals surface area contributed by atoms with Crippen LogP contribution in [0.3, 0.4) is 0 Å². The van der Waals surface area contributed by atoms with Crippen LogP contribution in [0.5, 0.6) is 0 Å². The van der Waals surface area contributed by atoms with Gasteiger partial charge in [-0.25, -0.2) is 18.2 Å². The summed E-state index contributed by atoms with van der Waals surface area (Å²) < 4.78 is 29.0. The molecule has 0 bridgehead atoms. The number of fused-ring (bicyclic) bond motifs is 1. The van der Waals surface area contributed by atoms with Crippen LogP contribution in [0.25, 0.3) is 0 Å². The van der Waals surface area contributed by atoms with Crippen LogP contribution in [-0.2, 0) is 36.5 Å². The van der Waals surface area contributed by atoms with Crippen LogP contribution in [0.15, 0.2) is 29.4 Å². The van der Waals surface area contributed by atoms with Crippen LogP contribution in [0.4, 0.5) is 0 Å². The van der Waals surface area contributed by atoms with Crippen molar-refractivity contribution in [2.45, 2.75) is 30.7 Å². The van der Waals surface area contributed by atoms with Crippen molar-refractivity contribution in [3.63, 3.8) is 0 Å². The van der Waals surface area contributed by atoms with Crippen molar-refractivity contribution >= 4 is 16.0 Å². The molecule has 0 aliphatic heterocycles. The zero-order chi connectivity index (χ0) is 17.5. The predicted octanol–water partition coefficient (Wildman–Crippen LogP) is 1.43. The van der Waals surface area contributed by atoms with Crippen LogP contribution in [0.2, 0.25) is 0 Å². The summed E-state index contributed by atoms with van der Waals surface area (Å²) in [5.41, 5.74) is 1.57. The molecule has 0 amide bonds. The van der Waals surface area contributed by atoms with Crippen LogP contribution < -0.4 is 0 Å². The third kappa shape index (κ3) is 2.83. The standard InChI is InChI=1S/C16H19N3O4S/c1-18-7-6-17-15(18)10-19(2)24(22,23)14-9-12(16(20)21)8-11-4-3-5-13(11)14/h6-9H,3-5,10H2,1-2H3,(H,20,21). The summed E-state index contributed by atoms with van der Waals surface area (Å²) in [6, 6.07) is 2.86. The van der Waals surface area contributed by atoms with E-state index in [0.717, 1.165) is 17.5 Å². The van der Waals surface area contributed by atoms with E-state index in [0.29, 0.717) is 18.7 Å². The average molecular weight is 349 g/mol. The molecule has 3 rings (SSSR count). The van der Waals surface area contributed by atoms with E-state index >= 15 is 0 Å². The number of aromatic nitrogens is 2. The third-order valence-corrected chi connectivity index (χ3v) is 6.26. The van der Waals surface area contributed by atoms with Gasteiger partial charge < -0.3 is 9.67 Å². The highest BCUT2D eigenvalue weighted by atomic mass is 32.2. The van der Waals surface area contributed by atoms with Crippen molar-refractivity contribution < 1.29 is 18.3 Å². The van der Waals surface area contributed by atoms with E-state index in [-0.39, 0.29) is 17.0 Å². The van der Waals surface area contributed by atoms with E-state index in [1.807, 2.05) is 0 Å². The Morgan fingerprint density at radius 2 is 2.12 bits per heavy atom. The second kappa shape index (κ2) is 6.03. The van der Waals surface area contributed by atoms with Crippen molar-refractivity contribution in [3.05, 3.63) is 47.0 Å². The lowest BCUT2D eigenvalue weighted by atomic mass is 10.1. The lowest BCUT2D eigenvalue weighted by Crippen LogP contribution is -2.29. The zero-order valence-corrected chi connectivity index (χ0v) is 14.4. The molecular weight excluding hydrogens is 330 g/mol. The molecule has 0 radical (unpaired) electrons. The first-order valence-corrected chi connectivity index (χ1v) is 9.06. The minimum absolute atomic E-state index is 0.0135. The Labute approximate surface area is 140 Å². The van der Waals surface area contributed by atoms with Gasteiger partial charge in [-0.2, -0.15) is 4.31 Å². The van der Waals surface area contributed by atoms with Gasteiger partial charge in [-0.3, -0.25) is 0 Å². The lowest BCUT2D eigenvalue weighted by molar-refractivity contribution is 0.0696. The molecule has 0 spiro atoms. The topological polar surface area (TPSA) is 92.5 Å². The maximum atomic E-state index is 13.0. The Bertz CT molecular complexity index is 902. The van der Waals surface area contributed by atoms with Gasteiger partial charge in [0, 0.05) is 26.5 Å². The smallest absolute Gasteiger partial charge is 0.335 e. The summed E-state index contributed by atoms with van der Waals surface area (Å²) in [7, 11) is -0.514. The Kier molecular flexibility index (Phi) is 4.18. The van der Waals surface area contributed by atoms with Crippen molar-refractivity contribution in [3.8, 4) is 0 Å². The van der Waals surface area contributed by atoms with Gasteiger partial charge in [0.05, 0.1) is 17.0 Å². The Morgan fingerprint density at radius 1 is 1.38 bits per heavy atom. The molecule has 7 nitrogen and oxygen atoms in total. The fraction of sp³-hybridized carbons (Fsp3) is 0.375. The first-order chi connectivity index (χ1) is 11.3. The lowest BCUT2D eigenvalue weighted by Gasteiger charge is -2.19. The Morgan fingerprint density at radius 3 is 2.75 bits per heavy atom. The van der Waals surface area contributed by atoms with Gasteiger partial charge in [-0.1, -0.05) is 0 Å². The normalized spacial score (nSPS) is 14.1. The summed E-state index contributed by atoms with van der Waals surface area (Å²) in [5, 5.41) is 9.27. The van der Waals surface area contributed by atoms with Gasteiger partial charge in [0.1, 0.15) is 5.82 Å². The number of hydrogen-bond donors (Lipinski definition) is 1. The highest BCUT2D eigenvalue weighted by Crippen LogP contribution is 2.31. The highest BCUT2D eigenvalue weighted by Gasteiger charge is 2.29. The molecule has 0 saturated carbocycles. The van der Waals surface area contributed by atoms with Gasteiger partial charge in [0.25, 0.3) is 0 Å². The van der Waals surface area contributed by atoms with Crippen molar-refractivity contribution in [1.29, 1.82) is 0 Å². The van der Waals surface area contributed by atoms with E-state index < -0.39 is 16.0 Å². The molecular formula is C16H19N3O4S. The first-order valence-electron chi connectivity index (χ1n) is 7.62. The molecule has 1 aliphatic rings. The van der Waals surface area contributed by atoms with Crippen molar-refractivity contribution in [2.24, 2.45) is 7.05 Å². The Balaban J connectivity index is 2.03. The van der Waals surface area contributed by atoms with Crippen molar-refractivity contribution in [1.82, 2.24) is 13.9 Å². The zero-order valence-electron chi connectivity index (χ0n) is 13.6. The molecule has 1 N–H and O–H groups in total. The SMILES string of the molecule is CN(Cc1nccn1C)S(=O)(=O)c1cc(C(=O)O)cc2c1CCC2. The number of carboxylic acid groups (broad SMARTS) is 1. The number of sulfonamides is 1. The number of imidazole rings is 1. The van der Waals surface area contributed by atoms with E-state index in [4.69, 9.17) is 0 Å².